The van der Waals surface area contributed by atoms with E-state index in [-0.39, 0.29) is 18.0 Å². The molecule has 0 aliphatic carbocycles. The van der Waals surface area contributed by atoms with Crippen molar-refractivity contribution in [2.24, 2.45) is 0 Å². The van der Waals surface area contributed by atoms with Gasteiger partial charge in [0.1, 0.15) is 18.0 Å². The number of benzene rings is 1. The van der Waals surface area contributed by atoms with Crippen LogP contribution in [0.15, 0.2) is 35.4 Å². The molecule has 1 aromatic carbocycles. The van der Waals surface area contributed by atoms with E-state index in [1.54, 1.807) is 25.3 Å². The number of nitrogens with one attached hydrogen (secondary N) is 1. The molecule has 0 saturated carbocycles. The van der Waals surface area contributed by atoms with Crippen molar-refractivity contribution in [1.82, 2.24) is 9.55 Å². The van der Waals surface area contributed by atoms with Gasteiger partial charge < -0.3 is 14.8 Å². The predicted octanol–water partition coefficient (Wildman–Crippen LogP) is 2.24. The zero-order valence-electron chi connectivity index (χ0n) is 14.7. The molecule has 0 fully saturated rings. The highest BCUT2D eigenvalue weighted by molar-refractivity contribution is 5.92. The number of aryl methyl sites for hydroxylation is 1. The number of rotatable bonds is 8. The second-order valence-electron chi connectivity index (χ2n) is 5.56. The van der Waals surface area contributed by atoms with Crippen LogP contribution in [0.2, 0.25) is 0 Å². The molecule has 0 aliphatic heterocycles. The maximum atomic E-state index is 12.3. The van der Waals surface area contributed by atoms with Crippen LogP contribution in [-0.2, 0) is 17.8 Å². The Hall–Kier alpha value is -2.83. The summed E-state index contributed by atoms with van der Waals surface area (Å²) in [5, 5.41) is 2.73. The van der Waals surface area contributed by atoms with Gasteiger partial charge in [-0.2, -0.15) is 0 Å². The number of hydrogen-bond donors (Lipinski definition) is 1. The second kappa shape index (κ2) is 8.86. The van der Waals surface area contributed by atoms with Gasteiger partial charge >= 0.3 is 0 Å². The van der Waals surface area contributed by atoms with Crippen molar-refractivity contribution in [3.8, 4) is 11.5 Å². The van der Waals surface area contributed by atoms with Crippen molar-refractivity contribution in [1.29, 1.82) is 0 Å². The summed E-state index contributed by atoms with van der Waals surface area (Å²) in [6.45, 7) is 1.96. The lowest BCUT2D eigenvalue weighted by molar-refractivity contribution is -0.116. The molecule has 1 N–H and O–H groups in total. The van der Waals surface area contributed by atoms with Gasteiger partial charge in [0.15, 0.2) is 0 Å². The van der Waals surface area contributed by atoms with Gasteiger partial charge in [-0.25, -0.2) is 4.98 Å². The fourth-order valence-corrected chi connectivity index (χ4v) is 2.33. The zero-order valence-corrected chi connectivity index (χ0v) is 14.7. The molecule has 0 aliphatic rings. The van der Waals surface area contributed by atoms with Crippen molar-refractivity contribution in [2.45, 2.75) is 32.7 Å². The van der Waals surface area contributed by atoms with E-state index < -0.39 is 0 Å². The van der Waals surface area contributed by atoms with Crippen LogP contribution in [0.5, 0.6) is 11.5 Å². The van der Waals surface area contributed by atoms with E-state index in [9.17, 15) is 9.59 Å². The topological polar surface area (TPSA) is 82.5 Å². The first kappa shape index (κ1) is 18.5. The van der Waals surface area contributed by atoms with Gasteiger partial charge in [-0.1, -0.05) is 13.3 Å². The molecular formula is C18H23N3O4. The quantitative estimate of drug-likeness (QED) is 0.793. The van der Waals surface area contributed by atoms with Gasteiger partial charge in [-0.15, -0.1) is 0 Å². The minimum absolute atomic E-state index is 0.125. The summed E-state index contributed by atoms with van der Waals surface area (Å²) >= 11 is 0. The molecular weight excluding hydrogens is 322 g/mol. The number of ether oxygens (including phenoxy) is 2. The zero-order chi connectivity index (χ0) is 18.2. The molecule has 7 heteroatoms. The lowest BCUT2D eigenvalue weighted by Crippen LogP contribution is -2.28. The third kappa shape index (κ3) is 5.07. The predicted molar refractivity (Wildman–Crippen MR) is 95.3 cm³/mol. The molecule has 134 valence electrons. The fraction of sp³-hybridized carbons (Fsp3) is 0.389. The van der Waals surface area contributed by atoms with Crippen LogP contribution < -0.4 is 20.3 Å². The number of anilines is 1. The van der Waals surface area contributed by atoms with Crippen LogP contribution in [0.3, 0.4) is 0 Å². The lowest BCUT2D eigenvalue weighted by atomic mass is 10.2. The Morgan fingerprint density at radius 3 is 2.68 bits per heavy atom. The molecule has 1 aromatic heterocycles. The highest BCUT2D eigenvalue weighted by Crippen LogP contribution is 2.28. The van der Waals surface area contributed by atoms with Gasteiger partial charge in [0.25, 0.3) is 5.56 Å². The van der Waals surface area contributed by atoms with E-state index in [2.05, 4.69) is 17.2 Å². The van der Waals surface area contributed by atoms with Crippen molar-refractivity contribution in [3.63, 3.8) is 0 Å². The molecule has 7 nitrogen and oxygen atoms in total. The average molecular weight is 345 g/mol. The van der Waals surface area contributed by atoms with Crippen molar-refractivity contribution < 1.29 is 14.3 Å². The summed E-state index contributed by atoms with van der Waals surface area (Å²) in [5.41, 5.74) is 0.985. The average Bonchev–Trinajstić information content (AvgIpc) is 2.61. The van der Waals surface area contributed by atoms with Gasteiger partial charge in [0.2, 0.25) is 5.91 Å². The number of unbranched alkanes of at least 4 members (excludes halogenated alkanes) is 1. The number of amides is 1. The summed E-state index contributed by atoms with van der Waals surface area (Å²) in [6.07, 6.45) is 4.19. The number of methoxy groups -OCH3 is 2. The standard InChI is InChI=1S/C18H23N3O4/c1-4-5-6-13-9-18(23)21(12-19-13)11-17(22)20-15-10-14(24-2)7-8-16(15)25-3/h7-10,12H,4-6,11H2,1-3H3,(H,20,22). The third-order valence-electron chi connectivity index (χ3n) is 3.72. The molecule has 1 amide bonds. The van der Waals surface area contributed by atoms with E-state index in [0.29, 0.717) is 17.2 Å². The summed E-state index contributed by atoms with van der Waals surface area (Å²) in [4.78, 5) is 28.6. The van der Waals surface area contributed by atoms with Gasteiger partial charge in [-0.05, 0) is 25.0 Å². The Kier molecular flexibility index (Phi) is 6.56. The van der Waals surface area contributed by atoms with Crippen LogP contribution in [0.4, 0.5) is 5.69 Å². The molecule has 0 atom stereocenters. The third-order valence-corrected chi connectivity index (χ3v) is 3.72. The first-order valence-electron chi connectivity index (χ1n) is 8.14. The Morgan fingerprint density at radius 1 is 1.24 bits per heavy atom. The number of aromatic nitrogens is 2. The van der Waals surface area contributed by atoms with Gasteiger partial charge in [0.05, 0.1) is 26.2 Å². The Balaban J connectivity index is 2.09. The molecule has 0 bridgehead atoms. The second-order valence-corrected chi connectivity index (χ2v) is 5.56. The summed E-state index contributed by atoms with van der Waals surface area (Å²) in [5.74, 6) is 0.751. The Labute approximate surface area is 146 Å². The number of carbonyl (C=O) groups is 1. The van der Waals surface area contributed by atoms with Crippen LogP contribution in [0, 0.1) is 0 Å². The normalized spacial score (nSPS) is 10.4. The molecule has 0 spiro atoms. The summed E-state index contributed by atoms with van der Waals surface area (Å²) in [7, 11) is 3.06. The Morgan fingerprint density at radius 2 is 2.04 bits per heavy atom. The molecule has 2 aromatic rings. The van der Waals surface area contributed by atoms with E-state index >= 15 is 0 Å². The molecule has 0 unspecified atom stereocenters. The molecule has 25 heavy (non-hydrogen) atoms. The smallest absolute Gasteiger partial charge is 0.253 e. The largest absolute Gasteiger partial charge is 0.497 e. The Bertz CT molecular complexity index is 786. The summed E-state index contributed by atoms with van der Waals surface area (Å²) < 4.78 is 11.6. The van der Waals surface area contributed by atoms with Crippen LogP contribution in [0.1, 0.15) is 25.5 Å². The van der Waals surface area contributed by atoms with Gasteiger partial charge in [0, 0.05) is 17.8 Å². The summed E-state index contributed by atoms with van der Waals surface area (Å²) in [6, 6.07) is 6.57. The number of hydrogen-bond acceptors (Lipinski definition) is 5. The van der Waals surface area contributed by atoms with Crippen LogP contribution in [0.25, 0.3) is 0 Å². The number of carbonyl (C=O) groups excluding carboxylic acids is 1. The van der Waals surface area contributed by atoms with E-state index in [4.69, 9.17) is 9.47 Å². The lowest BCUT2D eigenvalue weighted by Gasteiger charge is -2.12. The molecule has 0 saturated heterocycles. The maximum Gasteiger partial charge on any atom is 0.253 e. The minimum atomic E-state index is -0.350. The maximum absolute atomic E-state index is 12.3. The first-order chi connectivity index (χ1) is 12.1. The monoisotopic (exact) mass is 345 g/mol. The first-order valence-corrected chi connectivity index (χ1v) is 8.14. The van der Waals surface area contributed by atoms with Crippen LogP contribution in [-0.4, -0.2) is 29.7 Å². The van der Waals surface area contributed by atoms with Crippen molar-refractivity contribution >= 4 is 11.6 Å². The highest BCUT2D eigenvalue weighted by atomic mass is 16.5. The number of nitrogens with zero attached hydrogens (tertiary/aromatic N) is 2. The fourth-order valence-electron chi connectivity index (χ4n) is 2.33. The van der Waals surface area contributed by atoms with E-state index in [0.717, 1.165) is 25.0 Å². The van der Waals surface area contributed by atoms with Crippen LogP contribution >= 0.6 is 0 Å². The highest BCUT2D eigenvalue weighted by Gasteiger charge is 2.11. The molecule has 0 radical (unpaired) electrons. The molecule has 1 heterocycles. The van der Waals surface area contributed by atoms with Crippen molar-refractivity contribution in [2.75, 3.05) is 19.5 Å². The van der Waals surface area contributed by atoms with E-state index in [1.807, 2.05) is 0 Å². The van der Waals surface area contributed by atoms with E-state index in [1.165, 1.54) is 24.1 Å². The van der Waals surface area contributed by atoms with Crippen molar-refractivity contribution in [3.05, 3.63) is 46.6 Å². The minimum Gasteiger partial charge on any atom is -0.497 e. The van der Waals surface area contributed by atoms with Gasteiger partial charge in [-0.3, -0.25) is 14.2 Å². The molecule has 2 rings (SSSR count). The SMILES string of the molecule is CCCCc1cc(=O)n(CC(=O)Nc2cc(OC)ccc2OC)cn1.